The van der Waals surface area contributed by atoms with Crippen LogP contribution in [-0.2, 0) is 27.9 Å². The lowest BCUT2D eigenvalue weighted by atomic mass is 10.1. The molecule has 66 heavy (non-hydrogen) atoms. The molecule has 3 unspecified atom stereocenters. The van der Waals surface area contributed by atoms with Crippen molar-refractivity contribution in [3.05, 3.63) is 72.9 Å². The SMILES string of the molecule is CC/C=C/C=C/C=C/CCCCCCCCCC(=O)NC(COP(=O)(O)OCC[N+](C)(C)C)C(/C=C/CCCCCCCCCCC)OC(=O)CCCCCCCCC/C=C/C/C=C/CC. The summed E-state index contributed by atoms with van der Waals surface area (Å²) in [6, 6.07) is -0.858. The van der Waals surface area contributed by atoms with Gasteiger partial charge in [-0.15, -0.1) is 0 Å². The second-order valence-corrected chi connectivity index (χ2v) is 20.5. The van der Waals surface area contributed by atoms with E-state index in [1.165, 1.54) is 83.5 Å². The number of likely N-dealkylation sites (N-methyl/N-ethyl adjacent to an activating group) is 1. The number of nitrogens with zero attached hydrogens (tertiary/aromatic N) is 1. The zero-order chi connectivity index (χ0) is 48.7. The van der Waals surface area contributed by atoms with Crippen molar-refractivity contribution in [3.63, 3.8) is 0 Å². The summed E-state index contributed by atoms with van der Waals surface area (Å²) in [5.74, 6) is -0.534. The summed E-state index contributed by atoms with van der Waals surface area (Å²) < 4.78 is 30.5. The lowest BCUT2D eigenvalue weighted by Gasteiger charge is -2.27. The molecular weight excluding hydrogens is 844 g/mol. The van der Waals surface area contributed by atoms with Crippen LogP contribution in [0.2, 0.25) is 0 Å². The van der Waals surface area contributed by atoms with Crippen LogP contribution in [0.5, 0.6) is 0 Å². The summed E-state index contributed by atoms with van der Waals surface area (Å²) in [5, 5.41) is 3.03. The summed E-state index contributed by atoms with van der Waals surface area (Å²) in [4.78, 5) is 37.5. The second kappa shape index (κ2) is 46.2. The van der Waals surface area contributed by atoms with Gasteiger partial charge in [0.15, 0.2) is 0 Å². The van der Waals surface area contributed by atoms with Crippen molar-refractivity contribution in [1.82, 2.24) is 5.32 Å². The normalized spacial score (nSPS) is 14.5. The molecule has 0 aromatic heterocycles. The number of ether oxygens (including phenoxy) is 1. The summed E-state index contributed by atoms with van der Waals surface area (Å²) >= 11 is 0. The van der Waals surface area contributed by atoms with Crippen LogP contribution in [0.1, 0.15) is 220 Å². The summed E-state index contributed by atoms with van der Waals surface area (Å²) in [5.41, 5.74) is 0. The molecule has 0 aliphatic carbocycles. The predicted octanol–water partition coefficient (Wildman–Crippen LogP) is 15.7. The molecular formula is C56H102N2O7P+. The molecule has 0 spiro atoms. The molecule has 0 saturated heterocycles. The molecule has 1 amide bonds. The van der Waals surface area contributed by atoms with Crippen molar-refractivity contribution in [2.45, 2.75) is 232 Å². The number of amides is 1. The summed E-state index contributed by atoms with van der Waals surface area (Å²) in [6.07, 6.45) is 57.5. The molecule has 0 aromatic carbocycles. The largest absolute Gasteiger partial charge is 0.472 e. The minimum absolute atomic E-state index is 0.0335. The topological polar surface area (TPSA) is 111 Å². The zero-order valence-corrected chi connectivity index (χ0v) is 44.3. The van der Waals surface area contributed by atoms with Gasteiger partial charge < -0.3 is 19.4 Å². The van der Waals surface area contributed by atoms with Gasteiger partial charge in [0.25, 0.3) is 0 Å². The van der Waals surface area contributed by atoms with Gasteiger partial charge >= 0.3 is 13.8 Å². The van der Waals surface area contributed by atoms with Crippen molar-refractivity contribution < 1.29 is 37.3 Å². The van der Waals surface area contributed by atoms with Crippen LogP contribution in [0.4, 0.5) is 0 Å². The second-order valence-electron chi connectivity index (χ2n) is 19.0. The van der Waals surface area contributed by atoms with Crippen molar-refractivity contribution in [2.24, 2.45) is 0 Å². The van der Waals surface area contributed by atoms with E-state index in [4.69, 9.17) is 13.8 Å². The highest BCUT2D eigenvalue weighted by atomic mass is 31.2. The maximum absolute atomic E-state index is 13.4. The third kappa shape index (κ3) is 46.6. The highest BCUT2D eigenvalue weighted by molar-refractivity contribution is 7.47. The Labute approximate surface area is 406 Å². The number of carbonyl (C=O) groups excluding carboxylic acids is 2. The number of hydrogen-bond donors (Lipinski definition) is 2. The Kier molecular flexibility index (Phi) is 44.4. The van der Waals surface area contributed by atoms with Crippen molar-refractivity contribution in [3.8, 4) is 0 Å². The molecule has 0 rings (SSSR count). The Morgan fingerprint density at radius 2 is 1.05 bits per heavy atom. The Bertz CT molecular complexity index is 1370. The molecule has 9 nitrogen and oxygen atoms in total. The summed E-state index contributed by atoms with van der Waals surface area (Å²) in [6.45, 7) is 6.74. The number of hydrogen-bond acceptors (Lipinski definition) is 6. The van der Waals surface area contributed by atoms with Crippen molar-refractivity contribution >= 4 is 19.7 Å². The first-order chi connectivity index (χ1) is 31.9. The number of allylic oxidation sites excluding steroid dienone is 11. The van der Waals surface area contributed by atoms with E-state index in [-0.39, 0.29) is 31.5 Å². The molecule has 0 saturated carbocycles. The van der Waals surface area contributed by atoms with Gasteiger partial charge in [-0.1, -0.05) is 203 Å². The molecule has 0 heterocycles. The first-order valence-corrected chi connectivity index (χ1v) is 28.3. The molecule has 0 bridgehead atoms. The lowest BCUT2D eigenvalue weighted by molar-refractivity contribution is -0.870. The van der Waals surface area contributed by atoms with E-state index in [1.54, 1.807) is 0 Å². The maximum atomic E-state index is 13.4. The van der Waals surface area contributed by atoms with E-state index in [9.17, 15) is 19.0 Å². The highest BCUT2D eigenvalue weighted by Gasteiger charge is 2.30. The lowest BCUT2D eigenvalue weighted by Crippen LogP contribution is -2.47. The Balaban J connectivity index is 5.41. The van der Waals surface area contributed by atoms with Crippen LogP contribution >= 0.6 is 7.82 Å². The predicted molar refractivity (Wildman–Crippen MR) is 281 cm³/mol. The third-order valence-electron chi connectivity index (χ3n) is 11.5. The number of esters is 1. The smallest absolute Gasteiger partial charge is 0.456 e. The van der Waals surface area contributed by atoms with E-state index >= 15 is 0 Å². The van der Waals surface area contributed by atoms with Crippen LogP contribution in [-0.4, -0.2) is 74.3 Å². The molecule has 0 aliphatic heterocycles. The van der Waals surface area contributed by atoms with E-state index in [2.05, 4.69) is 86.8 Å². The van der Waals surface area contributed by atoms with E-state index in [1.807, 2.05) is 33.3 Å². The number of quaternary nitrogens is 1. The minimum atomic E-state index is -4.45. The molecule has 3 atom stereocenters. The standard InChI is InChI=1S/C56H101N2O7P/c1-7-10-13-16-19-22-25-27-29-30-33-36-39-42-45-48-55(59)57-53(52-64-66(61,62)63-51-50-58(4,5)6)54(47-44-41-38-35-32-24-21-18-15-12-9-3)65-56(60)49-46-43-40-37-34-31-28-26-23-20-17-14-11-8-2/h10-11,13-14,16,19-20,22-23,25,44,47,53-54H,7-9,12,15,17-18,21,24,26-43,45-46,48-52H2,1-6H3,(H-,57,59,61,62)/p+1/b13-10+,14-11+,19-16+,23-20+,25-22+,47-44+. The first kappa shape index (κ1) is 63.5. The highest BCUT2D eigenvalue weighted by Crippen LogP contribution is 2.43. The Morgan fingerprint density at radius 1 is 0.561 bits per heavy atom. The quantitative estimate of drug-likeness (QED) is 0.0156. The number of nitrogens with one attached hydrogen (secondary N) is 1. The van der Waals surface area contributed by atoms with Crippen LogP contribution in [0.15, 0.2) is 72.9 Å². The fourth-order valence-electron chi connectivity index (χ4n) is 7.33. The fraction of sp³-hybridized carbons (Fsp3) is 0.750. The number of phosphoric ester groups is 1. The van der Waals surface area contributed by atoms with Gasteiger partial charge in [-0.05, 0) is 76.7 Å². The third-order valence-corrected chi connectivity index (χ3v) is 12.4. The minimum Gasteiger partial charge on any atom is -0.456 e. The Hall–Kier alpha value is -2.55. The van der Waals surface area contributed by atoms with Gasteiger partial charge in [0, 0.05) is 12.8 Å². The van der Waals surface area contributed by atoms with Crippen LogP contribution in [0, 0.1) is 0 Å². The average Bonchev–Trinajstić information content (AvgIpc) is 3.27. The van der Waals surface area contributed by atoms with Crippen LogP contribution in [0.25, 0.3) is 0 Å². The molecule has 0 radical (unpaired) electrons. The molecule has 10 heteroatoms. The van der Waals surface area contributed by atoms with Crippen molar-refractivity contribution in [2.75, 3.05) is 40.9 Å². The van der Waals surface area contributed by atoms with Gasteiger partial charge in [-0.2, -0.15) is 0 Å². The molecule has 382 valence electrons. The van der Waals surface area contributed by atoms with Gasteiger partial charge in [-0.3, -0.25) is 18.6 Å². The zero-order valence-electron chi connectivity index (χ0n) is 43.4. The molecule has 0 fully saturated rings. The first-order valence-electron chi connectivity index (χ1n) is 26.8. The number of unbranched alkanes of at least 4 members (excludes halogenated alkanes) is 23. The van der Waals surface area contributed by atoms with Gasteiger partial charge in [-0.25, -0.2) is 4.57 Å². The van der Waals surface area contributed by atoms with Gasteiger partial charge in [0.1, 0.15) is 19.3 Å². The fourth-order valence-corrected chi connectivity index (χ4v) is 8.07. The average molecular weight is 946 g/mol. The van der Waals surface area contributed by atoms with Crippen LogP contribution < -0.4 is 5.32 Å². The number of carbonyl (C=O) groups is 2. The van der Waals surface area contributed by atoms with E-state index in [0.29, 0.717) is 17.4 Å². The maximum Gasteiger partial charge on any atom is 0.472 e. The van der Waals surface area contributed by atoms with Crippen molar-refractivity contribution in [1.29, 1.82) is 0 Å². The molecule has 0 aromatic rings. The number of phosphoric acid groups is 1. The number of rotatable bonds is 47. The van der Waals surface area contributed by atoms with Gasteiger partial charge in [0.05, 0.1) is 33.8 Å². The molecule has 2 N–H and O–H groups in total. The van der Waals surface area contributed by atoms with E-state index in [0.717, 1.165) is 103 Å². The van der Waals surface area contributed by atoms with Crippen LogP contribution in [0.3, 0.4) is 0 Å². The Morgan fingerprint density at radius 3 is 1.61 bits per heavy atom. The molecule has 0 aliphatic rings. The summed E-state index contributed by atoms with van der Waals surface area (Å²) in [7, 11) is 1.47. The van der Waals surface area contributed by atoms with Gasteiger partial charge in [0.2, 0.25) is 5.91 Å². The monoisotopic (exact) mass is 946 g/mol. The van der Waals surface area contributed by atoms with E-state index < -0.39 is 20.0 Å².